The van der Waals surface area contributed by atoms with Crippen LogP contribution in [0.5, 0.6) is 5.75 Å². The Balaban J connectivity index is 1.66. The highest BCUT2D eigenvalue weighted by Gasteiger charge is 2.06. The van der Waals surface area contributed by atoms with Crippen LogP contribution in [0.2, 0.25) is 5.02 Å². The van der Waals surface area contributed by atoms with Crippen LogP contribution in [0.4, 0.5) is 5.13 Å². The van der Waals surface area contributed by atoms with E-state index in [1.165, 1.54) is 11.3 Å². The Morgan fingerprint density at radius 1 is 1.33 bits per heavy atom. The maximum Gasteiger partial charge on any atom is 0.226 e. The van der Waals surface area contributed by atoms with E-state index in [1.54, 1.807) is 24.3 Å². The second-order valence-electron chi connectivity index (χ2n) is 4.23. The van der Waals surface area contributed by atoms with Gasteiger partial charge < -0.3 is 10.1 Å². The quantitative estimate of drug-likeness (QED) is 0.600. The third kappa shape index (κ3) is 5.53. The van der Waals surface area contributed by atoms with E-state index >= 15 is 0 Å². The number of carbonyl (C=O) groups is 1. The van der Waals surface area contributed by atoms with Crippen molar-refractivity contribution in [2.75, 3.05) is 11.9 Å². The molecule has 21 heavy (non-hydrogen) atoms. The molecule has 0 saturated heterocycles. The zero-order valence-electron chi connectivity index (χ0n) is 11.1. The van der Waals surface area contributed by atoms with Crippen LogP contribution in [0.1, 0.15) is 18.5 Å². The second-order valence-corrected chi connectivity index (χ2v) is 5.79. The summed E-state index contributed by atoms with van der Waals surface area (Å²) in [5.41, 5.74) is 0.767. The summed E-state index contributed by atoms with van der Waals surface area (Å²) < 4.78 is 5.51. The lowest BCUT2D eigenvalue weighted by atomic mass is 10.3. The van der Waals surface area contributed by atoms with Crippen molar-refractivity contribution in [3.63, 3.8) is 0 Å². The first kappa shape index (κ1) is 16.1. The number of anilines is 1. The average Bonchev–Trinajstić information content (AvgIpc) is 2.93. The van der Waals surface area contributed by atoms with Crippen molar-refractivity contribution in [3.8, 4) is 5.75 Å². The van der Waals surface area contributed by atoms with Gasteiger partial charge in [0.05, 0.1) is 18.2 Å². The molecule has 1 aromatic carbocycles. The molecule has 1 aromatic heterocycles. The molecule has 0 radical (unpaired) electrons. The number of aromatic nitrogens is 1. The molecule has 1 N–H and O–H groups in total. The van der Waals surface area contributed by atoms with Gasteiger partial charge >= 0.3 is 0 Å². The summed E-state index contributed by atoms with van der Waals surface area (Å²) in [6, 6.07) is 7.12. The molecule has 0 fully saturated rings. The minimum Gasteiger partial charge on any atom is -0.494 e. The van der Waals surface area contributed by atoms with Crippen molar-refractivity contribution >= 4 is 45.6 Å². The predicted octanol–water partition coefficient (Wildman–Crippen LogP) is 4.33. The molecule has 0 unspecified atom stereocenters. The number of amides is 1. The maximum atomic E-state index is 11.7. The average molecular weight is 345 g/mol. The number of hydrogen-bond donors (Lipinski definition) is 1. The monoisotopic (exact) mass is 344 g/mol. The number of rotatable bonds is 7. The molecule has 2 rings (SSSR count). The van der Waals surface area contributed by atoms with Crippen LogP contribution < -0.4 is 10.1 Å². The van der Waals surface area contributed by atoms with Gasteiger partial charge in [-0.1, -0.05) is 11.6 Å². The maximum absolute atomic E-state index is 11.7. The van der Waals surface area contributed by atoms with E-state index in [2.05, 4.69) is 10.3 Å². The van der Waals surface area contributed by atoms with Crippen LogP contribution in [0.3, 0.4) is 0 Å². The van der Waals surface area contributed by atoms with Crippen molar-refractivity contribution in [2.24, 2.45) is 0 Å². The van der Waals surface area contributed by atoms with Gasteiger partial charge in [0.1, 0.15) is 5.75 Å². The van der Waals surface area contributed by atoms with Crippen LogP contribution in [0, 0.1) is 0 Å². The van der Waals surface area contributed by atoms with E-state index in [9.17, 15) is 4.79 Å². The van der Waals surface area contributed by atoms with Crippen molar-refractivity contribution in [1.29, 1.82) is 0 Å². The van der Waals surface area contributed by atoms with Gasteiger partial charge in [-0.05, 0) is 30.7 Å². The summed E-state index contributed by atoms with van der Waals surface area (Å²) in [7, 11) is 0. The first-order valence-electron chi connectivity index (χ1n) is 6.36. The molecule has 0 saturated carbocycles. The molecular weight excluding hydrogens is 331 g/mol. The fraction of sp³-hybridized carbons (Fsp3) is 0.286. The number of halogens is 2. The van der Waals surface area contributed by atoms with Crippen molar-refractivity contribution < 1.29 is 9.53 Å². The summed E-state index contributed by atoms with van der Waals surface area (Å²) in [6.45, 7) is 0.472. The Bertz CT molecular complexity index is 587. The molecule has 4 nitrogen and oxygen atoms in total. The Hall–Kier alpha value is -1.30. The Labute approximate surface area is 137 Å². The third-order valence-corrected chi connectivity index (χ3v) is 3.90. The highest BCUT2D eigenvalue weighted by atomic mass is 35.5. The normalized spacial score (nSPS) is 10.4. The zero-order chi connectivity index (χ0) is 15.1. The lowest BCUT2D eigenvalue weighted by molar-refractivity contribution is -0.116. The SMILES string of the molecule is O=C(CCCOc1ccc(Cl)cc1)Nc1nc(CCl)cs1. The minimum atomic E-state index is -0.0785. The molecular formula is C14H14Cl2N2O2S. The van der Waals surface area contributed by atoms with E-state index in [4.69, 9.17) is 27.9 Å². The Morgan fingerprint density at radius 2 is 2.10 bits per heavy atom. The summed E-state index contributed by atoms with van der Waals surface area (Å²) in [5.74, 6) is 1.01. The molecule has 0 aliphatic carbocycles. The standard InChI is InChI=1S/C14H14Cl2N2O2S/c15-8-11-9-21-14(17-11)18-13(19)2-1-7-20-12-5-3-10(16)4-6-12/h3-6,9H,1-2,7-8H2,(H,17,18,19). The van der Waals surface area contributed by atoms with Gasteiger partial charge in [-0.2, -0.15) is 0 Å². The summed E-state index contributed by atoms with van der Waals surface area (Å²) in [5, 5.41) is 5.81. The van der Waals surface area contributed by atoms with Crippen molar-refractivity contribution in [2.45, 2.75) is 18.7 Å². The number of hydrogen-bond acceptors (Lipinski definition) is 4. The van der Waals surface area contributed by atoms with E-state index in [0.29, 0.717) is 35.5 Å². The Kier molecular flexibility index (Phi) is 6.29. The van der Waals surface area contributed by atoms with Crippen molar-refractivity contribution in [3.05, 3.63) is 40.4 Å². The van der Waals surface area contributed by atoms with Gasteiger partial charge in [0.15, 0.2) is 5.13 Å². The number of alkyl halides is 1. The summed E-state index contributed by atoms with van der Waals surface area (Å²) >= 11 is 12.8. The molecule has 0 spiro atoms. The molecule has 7 heteroatoms. The van der Waals surface area contributed by atoms with Gasteiger partial charge in [-0.15, -0.1) is 22.9 Å². The van der Waals surface area contributed by atoms with Crippen LogP contribution in [-0.4, -0.2) is 17.5 Å². The molecule has 1 amide bonds. The highest BCUT2D eigenvalue weighted by Crippen LogP contribution is 2.17. The lowest BCUT2D eigenvalue weighted by Crippen LogP contribution is -2.12. The summed E-state index contributed by atoms with van der Waals surface area (Å²) in [6.07, 6.45) is 1.01. The fourth-order valence-corrected chi connectivity index (χ4v) is 2.64. The molecule has 0 bridgehead atoms. The van der Waals surface area contributed by atoms with E-state index in [0.717, 1.165) is 11.4 Å². The number of nitrogens with one attached hydrogen (secondary N) is 1. The minimum absolute atomic E-state index is 0.0785. The second kappa shape index (κ2) is 8.22. The first-order chi connectivity index (χ1) is 10.2. The number of nitrogens with zero attached hydrogens (tertiary/aromatic N) is 1. The van der Waals surface area contributed by atoms with Gasteiger partial charge in [0, 0.05) is 16.8 Å². The highest BCUT2D eigenvalue weighted by molar-refractivity contribution is 7.13. The van der Waals surface area contributed by atoms with E-state index in [-0.39, 0.29) is 5.91 Å². The number of thiazole rings is 1. The van der Waals surface area contributed by atoms with Gasteiger partial charge in [0.2, 0.25) is 5.91 Å². The van der Waals surface area contributed by atoms with Gasteiger partial charge in [0.25, 0.3) is 0 Å². The van der Waals surface area contributed by atoms with E-state index < -0.39 is 0 Å². The smallest absolute Gasteiger partial charge is 0.226 e. The van der Waals surface area contributed by atoms with E-state index in [1.807, 2.05) is 5.38 Å². The lowest BCUT2D eigenvalue weighted by Gasteiger charge is -2.06. The number of ether oxygens (including phenoxy) is 1. The predicted molar refractivity (Wildman–Crippen MR) is 86.5 cm³/mol. The van der Waals surface area contributed by atoms with Crippen LogP contribution in [0.25, 0.3) is 0 Å². The zero-order valence-corrected chi connectivity index (χ0v) is 13.5. The van der Waals surface area contributed by atoms with Crippen LogP contribution >= 0.6 is 34.5 Å². The molecule has 0 aliphatic heterocycles. The third-order valence-electron chi connectivity index (χ3n) is 2.57. The summed E-state index contributed by atoms with van der Waals surface area (Å²) in [4.78, 5) is 15.9. The number of carbonyl (C=O) groups excluding carboxylic acids is 1. The topological polar surface area (TPSA) is 51.2 Å². The van der Waals surface area contributed by atoms with Crippen molar-refractivity contribution in [1.82, 2.24) is 4.98 Å². The molecule has 2 aromatic rings. The van der Waals surface area contributed by atoms with Gasteiger partial charge in [-0.25, -0.2) is 4.98 Å². The fourth-order valence-electron chi connectivity index (χ4n) is 1.56. The molecule has 0 atom stereocenters. The number of benzene rings is 1. The molecule has 0 aliphatic rings. The van der Waals surface area contributed by atoms with Gasteiger partial charge in [-0.3, -0.25) is 4.79 Å². The van der Waals surface area contributed by atoms with Crippen LogP contribution in [0.15, 0.2) is 29.6 Å². The molecule has 112 valence electrons. The molecule has 1 heterocycles. The Morgan fingerprint density at radius 3 is 2.76 bits per heavy atom. The first-order valence-corrected chi connectivity index (χ1v) is 8.15. The largest absolute Gasteiger partial charge is 0.494 e. The van der Waals surface area contributed by atoms with Crippen LogP contribution in [-0.2, 0) is 10.7 Å².